The third-order valence-electron chi connectivity index (χ3n) is 4.11. The molecule has 136 valence electrons. The maximum Gasteiger partial charge on any atom is 0.407 e. The van der Waals surface area contributed by atoms with Crippen molar-refractivity contribution in [3.05, 3.63) is 12.7 Å². The van der Waals surface area contributed by atoms with Gasteiger partial charge in [0.05, 0.1) is 0 Å². The zero-order valence-corrected chi connectivity index (χ0v) is 14.7. The predicted octanol–water partition coefficient (Wildman–Crippen LogP) is 1.77. The third-order valence-corrected chi connectivity index (χ3v) is 4.11. The van der Waals surface area contributed by atoms with Gasteiger partial charge in [-0.25, -0.2) is 9.59 Å². The number of ether oxygens (including phenoxy) is 2. The number of rotatable bonds is 8. The van der Waals surface area contributed by atoms with Crippen molar-refractivity contribution in [3.63, 3.8) is 0 Å². The molecule has 1 rings (SSSR count). The maximum atomic E-state index is 11.9. The highest BCUT2D eigenvalue weighted by Crippen LogP contribution is 2.45. The fraction of sp³-hybridized carbons (Fsp3) is 0.706. The standard InChI is InChI=1S/C17H28N2O5/c1-5-14(21)23-6-7-24-15(22)19-13-8-16(2,3)10-17(4,9-13)11-18-12-20/h5,12-13H,1,6-11H2,2-4H3,(H,18,20)(H,19,22). The van der Waals surface area contributed by atoms with E-state index in [-0.39, 0.29) is 30.1 Å². The molecule has 7 nitrogen and oxygen atoms in total. The number of amides is 2. The van der Waals surface area contributed by atoms with Gasteiger partial charge in [0.2, 0.25) is 6.41 Å². The average molecular weight is 340 g/mol. The Morgan fingerprint density at radius 1 is 1.21 bits per heavy atom. The number of alkyl carbamates (subject to hydrolysis) is 1. The minimum absolute atomic E-state index is 0.00456. The van der Waals surface area contributed by atoms with Crippen molar-refractivity contribution < 1.29 is 23.9 Å². The minimum atomic E-state index is -0.550. The molecule has 0 saturated heterocycles. The maximum absolute atomic E-state index is 11.9. The van der Waals surface area contributed by atoms with Crippen LogP contribution < -0.4 is 10.6 Å². The number of hydrogen-bond acceptors (Lipinski definition) is 5. The van der Waals surface area contributed by atoms with E-state index < -0.39 is 12.1 Å². The summed E-state index contributed by atoms with van der Waals surface area (Å²) in [5.74, 6) is -0.550. The van der Waals surface area contributed by atoms with Crippen LogP contribution in [0.4, 0.5) is 4.79 Å². The van der Waals surface area contributed by atoms with Crippen LogP contribution in [0.2, 0.25) is 0 Å². The van der Waals surface area contributed by atoms with E-state index in [1.54, 1.807) is 0 Å². The zero-order valence-electron chi connectivity index (χ0n) is 14.7. The fourth-order valence-corrected chi connectivity index (χ4v) is 3.70. The lowest BCUT2D eigenvalue weighted by molar-refractivity contribution is -0.138. The van der Waals surface area contributed by atoms with Gasteiger partial charge in [-0.2, -0.15) is 0 Å². The van der Waals surface area contributed by atoms with Crippen molar-refractivity contribution >= 4 is 18.5 Å². The second kappa shape index (κ2) is 8.70. The van der Waals surface area contributed by atoms with Gasteiger partial charge in [0.15, 0.2) is 0 Å². The lowest BCUT2D eigenvalue weighted by Gasteiger charge is -2.46. The second-order valence-corrected chi connectivity index (χ2v) is 7.41. The Bertz CT molecular complexity index is 478. The molecular weight excluding hydrogens is 312 g/mol. The van der Waals surface area contributed by atoms with E-state index in [0.717, 1.165) is 25.3 Å². The van der Waals surface area contributed by atoms with Crippen LogP contribution in [0.3, 0.4) is 0 Å². The molecule has 0 heterocycles. The molecular formula is C17H28N2O5. The van der Waals surface area contributed by atoms with Gasteiger partial charge < -0.3 is 20.1 Å². The van der Waals surface area contributed by atoms with Crippen LogP contribution in [-0.2, 0) is 19.1 Å². The smallest absolute Gasteiger partial charge is 0.407 e. The van der Waals surface area contributed by atoms with Crippen molar-refractivity contribution in [2.45, 2.75) is 46.1 Å². The quantitative estimate of drug-likeness (QED) is 0.304. The van der Waals surface area contributed by atoms with E-state index in [0.29, 0.717) is 13.0 Å². The number of hydrogen-bond donors (Lipinski definition) is 2. The van der Waals surface area contributed by atoms with Crippen molar-refractivity contribution in [2.24, 2.45) is 10.8 Å². The van der Waals surface area contributed by atoms with E-state index >= 15 is 0 Å². The van der Waals surface area contributed by atoms with Crippen LogP contribution >= 0.6 is 0 Å². The van der Waals surface area contributed by atoms with Gasteiger partial charge in [0, 0.05) is 18.7 Å². The first-order chi connectivity index (χ1) is 11.2. The summed E-state index contributed by atoms with van der Waals surface area (Å²) < 4.78 is 9.76. The molecule has 2 atom stereocenters. The van der Waals surface area contributed by atoms with Gasteiger partial charge in [0.1, 0.15) is 13.2 Å². The van der Waals surface area contributed by atoms with Crippen molar-refractivity contribution in [1.29, 1.82) is 0 Å². The minimum Gasteiger partial charge on any atom is -0.459 e. The molecule has 2 N–H and O–H groups in total. The van der Waals surface area contributed by atoms with E-state index in [9.17, 15) is 14.4 Å². The molecule has 0 aliphatic heterocycles. The summed E-state index contributed by atoms with van der Waals surface area (Å²) in [6.07, 6.45) is 3.79. The topological polar surface area (TPSA) is 93.7 Å². The SMILES string of the molecule is C=CC(=O)OCCOC(=O)NC1CC(C)(C)CC(C)(CNC=O)C1. The molecule has 0 spiro atoms. The summed E-state index contributed by atoms with van der Waals surface area (Å²) >= 11 is 0. The van der Waals surface area contributed by atoms with Gasteiger partial charge in [-0.05, 0) is 30.1 Å². The Labute approximate surface area is 143 Å². The number of carbonyl (C=O) groups is 3. The van der Waals surface area contributed by atoms with Crippen molar-refractivity contribution in [2.75, 3.05) is 19.8 Å². The zero-order chi connectivity index (χ0) is 18.2. The summed E-state index contributed by atoms with van der Waals surface area (Å²) in [6.45, 7) is 10.3. The molecule has 1 saturated carbocycles. The Morgan fingerprint density at radius 3 is 2.50 bits per heavy atom. The van der Waals surface area contributed by atoms with Crippen LogP contribution in [-0.4, -0.2) is 44.3 Å². The first-order valence-electron chi connectivity index (χ1n) is 8.09. The molecule has 0 radical (unpaired) electrons. The number of nitrogens with one attached hydrogen (secondary N) is 2. The molecule has 7 heteroatoms. The van der Waals surface area contributed by atoms with Gasteiger partial charge in [-0.3, -0.25) is 4.79 Å². The van der Waals surface area contributed by atoms with E-state index in [1.165, 1.54) is 0 Å². The van der Waals surface area contributed by atoms with Crippen LogP contribution in [0, 0.1) is 10.8 Å². The molecule has 0 aromatic heterocycles. The third kappa shape index (κ3) is 7.02. The van der Waals surface area contributed by atoms with Gasteiger partial charge in [-0.15, -0.1) is 0 Å². The summed E-state index contributed by atoms with van der Waals surface area (Å²) in [7, 11) is 0. The van der Waals surface area contributed by atoms with E-state index in [4.69, 9.17) is 9.47 Å². The Balaban J connectivity index is 2.47. The summed E-state index contributed by atoms with van der Waals surface area (Å²) in [5, 5.41) is 5.62. The van der Waals surface area contributed by atoms with Crippen molar-refractivity contribution in [1.82, 2.24) is 10.6 Å². The van der Waals surface area contributed by atoms with Crippen LogP contribution in [0.15, 0.2) is 12.7 Å². The van der Waals surface area contributed by atoms with Crippen LogP contribution in [0.25, 0.3) is 0 Å². The molecule has 1 aliphatic carbocycles. The Morgan fingerprint density at radius 2 is 1.88 bits per heavy atom. The largest absolute Gasteiger partial charge is 0.459 e. The average Bonchev–Trinajstić information content (AvgIpc) is 2.47. The van der Waals surface area contributed by atoms with Gasteiger partial charge >= 0.3 is 12.1 Å². The molecule has 2 amide bonds. The highest BCUT2D eigenvalue weighted by molar-refractivity contribution is 5.81. The van der Waals surface area contributed by atoms with Gasteiger partial charge in [0.25, 0.3) is 0 Å². The van der Waals surface area contributed by atoms with E-state index in [2.05, 4.69) is 38.0 Å². The molecule has 1 aliphatic rings. The van der Waals surface area contributed by atoms with Gasteiger partial charge in [-0.1, -0.05) is 27.4 Å². The highest BCUT2D eigenvalue weighted by atomic mass is 16.6. The molecule has 1 fully saturated rings. The number of carbonyl (C=O) groups excluding carboxylic acids is 3. The monoisotopic (exact) mass is 340 g/mol. The van der Waals surface area contributed by atoms with E-state index in [1.807, 2.05) is 0 Å². The van der Waals surface area contributed by atoms with Crippen LogP contribution in [0.1, 0.15) is 40.0 Å². The highest BCUT2D eigenvalue weighted by Gasteiger charge is 2.41. The lowest BCUT2D eigenvalue weighted by Crippen LogP contribution is -2.49. The van der Waals surface area contributed by atoms with Crippen LogP contribution in [0.5, 0.6) is 0 Å². The van der Waals surface area contributed by atoms with Crippen molar-refractivity contribution in [3.8, 4) is 0 Å². The molecule has 24 heavy (non-hydrogen) atoms. The first kappa shape index (κ1) is 20.0. The summed E-state index contributed by atoms with van der Waals surface area (Å²) in [5.41, 5.74) is -0.0326. The molecule has 0 aromatic rings. The Hall–Kier alpha value is -2.05. The molecule has 0 aromatic carbocycles. The fourth-order valence-electron chi connectivity index (χ4n) is 3.70. The lowest BCUT2D eigenvalue weighted by atomic mass is 9.62. The predicted molar refractivity (Wildman–Crippen MR) is 89.2 cm³/mol. The normalized spacial score (nSPS) is 25.2. The Kier molecular flexibility index (Phi) is 7.25. The molecule has 0 bridgehead atoms. The number of esters is 1. The second-order valence-electron chi connectivity index (χ2n) is 7.41. The first-order valence-corrected chi connectivity index (χ1v) is 8.09. The molecule has 2 unspecified atom stereocenters. The summed E-state index contributed by atoms with van der Waals surface area (Å²) in [4.78, 5) is 33.4. The summed E-state index contributed by atoms with van der Waals surface area (Å²) in [6, 6.07) is -0.0320.